The van der Waals surface area contributed by atoms with Gasteiger partial charge in [-0.05, 0) is 30.8 Å². The number of hydrogen-bond acceptors (Lipinski definition) is 1. The average Bonchev–Trinajstić information content (AvgIpc) is 2.29. The lowest BCUT2D eigenvalue weighted by Gasteiger charge is -2.19. The molecule has 0 radical (unpaired) electrons. The highest BCUT2D eigenvalue weighted by molar-refractivity contribution is 5.66. The first-order valence-corrected chi connectivity index (χ1v) is 5.20. The van der Waals surface area contributed by atoms with Crippen molar-refractivity contribution in [1.29, 1.82) is 0 Å². The molecule has 0 saturated carbocycles. The highest BCUT2D eigenvalue weighted by atomic mass is 14.7. The Morgan fingerprint density at radius 1 is 1.38 bits per heavy atom. The standard InChI is InChI=1S/C12H17N/c1-9-3-5-11-6-4-10(2)8-13-12(11)7-9/h4,6,8-10H,3,5,7H2,1-2H3. The third kappa shape index (κ3) is 1.90. The SMILES string of the molecule is CC1C=CC2=C(CC(C)CC2)N=C1. The molecular formula is C12H17N. The molecule has 1 aliphatic carbocycles. The van der Waals surface area contributed by atoms with Crippen LogP contribution in [0.5, 0.6) is 0 Å². The lowest BCUT2D eigenvalue weighted by Crippen LogP contribution is -2.05. The van der Waals surface area contributed by atoms with E-state index in [4.69, 9.17) is 0 Å². The van der Waals surface area contributed by atoms with Gasteiger partial charge in [0.2, 0.25) is 0 Å². The van der Waals surface area contributed by atoms with Crippen molar-refractivity contribution in [3.63, 3.8) is 0 Å². The molecule has 1 heterocycles. The first-order chi connectivity index (χ1) is 6.25. The number of nitrogens with zero attached hydrogens (tertiary/aromatic N) is 1. The highest BCUT2D eigenvalue weighted by Crippen LogP contribution is 2.31. The third-order valence-electron chi connectivity index (χ3n) is 2.89. The number of allylic oxidation sites excluding steroid dienone is 4. The Hall–Kier alpha value is -0.850. The van der Waals surface area contributed by atoms with E-state index < -0.39 is 0 Å². The normalized spacial score (nSPS) is 33.1. The fourth-order valence-corrected chi connectivity index (χ4v) is 1.95. The third-order valence-corrected chi connectivity index (χ3v) is 2.89. The van der Waals surface area contributed by atoms with Crippen LogP contribution in [0.15, 0.2) is 28.4 Å². The van der Waals surface area contributed by atoms with Crippen LogP contribution in [0.25, 0.3) is 0 Å². The van der Waals surface area contributed by atoms with Crippen LogP contribution in [0.2, 0.25) is 0 Å². The van der Waals surface area contributed by atoms with Gasteiger partial charge < -0.3 is 0 Å². The quantitative estimate of drug-likeness (QED) is 0.535. The van der Waals surface area contributed by atoms with Gasteiger partial charge in [-0.15, -0.1) is 0 Å². The van der Waals surface area contributed by atoms with Crippen LogP contribution < -0.4 is 0 Å². The Labute approximate surface area is 80.3 Å². The Kier molecular flexibility index (Phi) is 2.34. The smallest absolute Gasteiger partial charge is 0.0434 e. The molecule has 0 amide bonds. The molecule has 0 N–H and O–H groups in total. The second-order valence-corrected chi connectivity index (χ2v) is 4.32. The molecule has 0 aromatic carbocycles. The summed E-state index contributed by atoms with van der Waals surface area (Å²) in [6, 6.07) is 0. The number of hydrogen-bond donors (Lipinski definition) is 0. The van der Waals surface area contributed by atoms with E-state index in [1.165, 1.54) is 30.5 Å². The number of aliphatic imine (C=N–C) groups is 1. The summed E-state index contributed by atoms with van der Waals surface area (Å²) in [5, 5.41) is 0. The van der Waals surface area contributed by atoms with Crippen molar-refractivity contribution in [3.05, 3.63) is 23.4 Å². The maximum atomic E-state index is 4.57. The summed E-state index contributed by atoms with van der Waals surface area (Å²) in [7, 11) is 0. The lowest BCUT2D eigenvalue weighted by atomic mass is 9.88. The van der Waals surface area contributed by atoms with E-state index in [2.05, 4.69) is 37.2 Å². The minimum absolute atomic E-state index is 0.501. The molecule has 0 bridgehead atoms. The minimum Gasteiger partial charge on any atom is -0.265 e. The topological polar surface area (TPSA) is 12.4 Å². The lowest BCUT2D eigenvalue weighted by molar-refractivity contribution is 0.498. The van der Waals surface area contributed by atoms with Crippen molar-refractivity contribution in [2.45, 2.75) is 33.1 Å². The summed E-state index contributed by atoms with van der Waals surface area (Å²) in [6.07, 6.45) is 10.3. The Morgan fingerprint density at radius 3 is 3.08 bits per heavy atom. The zero-order valence-corrected chi connectivity index (χ0v) is 8.46. The Balaban J connectivity index is 2.26. The molecule has 2 rings (SSSR count). The molecule has 0 saturated heterocycles. The van der Waals surface area contributed by atoms with Gasteiger partial charge in [-0.2, -0.15) is 0 Å². The fourth-order valence-electron chi connectivity index (χ4n) is 1.95. The monoisotopic (exact) mass is 175 g/mol. The predicted molar refractivity (Wildman–Crippen MR) is 56.8 cm³/mol. The van der Waals surface area contributed by atoms with Gasteiger partial charge in [-0.25, -0.2) is 0 Å². The molecule has 2 aliphatic rings. The van der Waals surface area contributed by atoms with E-state index >= 15 is 0 Å². The van der Waals surface area contributed by atoms with Crippen LogP contribution >= 0.6 is 0 Å². The maximum absolute atomic E-state index is 4.57. The highest BCUT2D eigenvalue weighted by Gasteiger charge is 2.16. The van der Waals surface area contributed by atoms with E-state index in [0.717, 1.165) is 5.92 Å². The van der Waals surface area contributed by atoms with E-state index in [0.29, 0.717) is 5.92 Å². The molecule has 13 heavy (non-hydrogen) atoms. The number of rotatable bonds is 0. The second kappa shape index (κ2) is 3.49. The van der Waals surface area contributed by atoms with Gasteiger partial charge in [0.05, 0.1) is 0 Å². The van der Waals surface area contributed by atoms with Crippen molar-refractivity contribution >= 4 is 6.21 Å². The molecular weight excluding hydrogens is 158 g/mol. The molecule has 1 aliphatic heterocycles. The zero-order valence-electron chi connectivity index (χ0n) is 8.46. The molecule has 1 nitrogen and oxygen atoms in total. The summed E-state index contributed by atoms with van der Waals surface area (Å²) < 4.78 is 0. The van der Waals surface area contributed by atoms with Crippen molar-refractivity contribution < 1.29 is 0 Å². The van der Waals surface area contributed by atoms with Gasteiger partial charge in [-0.1, -0.05) is 26.0 Å². The van der Waals surface area contributed by atoms with Crippen molar-refractivity contribution in [1.82, 2.24) is 0 Å². The van der Waals surface area contributed by atoms with E-state index in [9.17, 15) is 0 Å². The van der Waals surface area contributed by atoms with Gasteiger partial charge >= 0.3 is 0 Å². The van der Waals surface area contributed by atoms with Gasteiger partial charge in [0.25, 0.3) is 0 Å². The van der Waals surface area contributed by atoms with Gasteiger partial charge in [0.15, 0.2) is 0 Å². The van der Waals surface area contributed by atoms with Crippen LogP contribution in [0.1, 0.15) is 33.1 Å². The summed E-state index contributed by atoms with van der Waals surface area (Å²) in [4.78, 5) is 4.57. The predicted octanol–water partition coefficient (Wildman–Crippen LogP) is 3.34. The van der Waals surface area contributed by atoms with Crippen molar-refractivity contribution in [2.24, 2.45) is 16.8 Å². The van der Waals surface area contributed by atoms with Gasteiger partial charge in [-0.3, -0.25) is 4.99 Å². The van der Waals surface area contributed by atoms with Crippen LogP contribution in [-0.4, -0.2) is 6.21 Å². The molecule has 0 fully saturated rings. The van der Waals surface area contributed by atoms with E-state index in [1.807, 2.05) is 0 Å². The van der Waals surface area contributed by atoms with Gasteiger partial charge in [0.1, 0.15) is 0 Å². The van der Waals surface area contributed by atoms with Crippen molar-refractivity contribution in [2.75, 3.05) is 0 Å². The zero-order chi connectivity index (χ0) is 9.26. The summed E-state index contributed by atoms with van der Waals surface area (Å²) in [6.45, 7) is 4.50. The van der Waals surface area contributed by atoms with Crippen molar-refractivity contribution in [3.8, 4) is 0 Å². The second-order valence-electron chi connectivity index (χ2n) is 4.32. The average molecular weight is 175 g/mol. The summed E-state index contributed by atoms with van der Waals surface area (Å²) in [5.41, 5.74) is 2.80. The minimum atomic E-state index is 0.501. The summed E-state index contributed by atoms with van der Waals surface area (Å²) >= 11 is 0. The molecule has 0 aromatic heterocycles. The van der Waals surface area contributed by atoms with Crippen LogP contribution in [-0.2, 0) is 0 Å². The Morgan fingerprint density at radius 2 is 2.23 bits per heavy atom. The Bertz CT molecular complexity index is 283. The molecule has 70 valence electrons. The largest absolute Gasteiger partial charge is 0.265 e. The van der Waals surface area contributed by atoms with E-state index in [1.54, 1.807) is 0 Å². The van der Waals surface area contributed by atoms with Crippen LogP contribution in [0, 0.1) is 11.8 Å². The maximum Gasteiger partial charge on any atom is 0.0434 e. The fraction of sp³-hybridized carbons (Fsp3) is 0.583. The van der Waals surface area contributed by atoms with Crippen LogP contribution in [0.4, 0.5) is 0 Å². The first kappa shape index (κ1) is 8.74. The first-order valence-electron chi connectivity index (χ1n) is 5.20. The molecule has 1 heteroatoms. The molecule has 0 spiro atoms. The van der Waals surface area contributed by atoms with Gasteiger partial charge in [0, 0.05) is 17.8 Å². The summed E-state index contributed by atoms with van der Waals surface area (Å²) in [5.74, 6) is 1.32. The molecule has 0 aromatic rings. The van der Waals surface area contributed by atoms with Crippen LogP contribution in [0.3, 0.4) is 0 Å². The molecule has 2 unspecified atom stereocenters. The van der Waals surface area contributed by atoms with E-state index in [-0.39, 0.29) is 0 Å². The molecule has 2 atom stereocenters.